The molecule has 2 rings (SSSR count). The number of nitrogen functional groups attached to an aromatic ring is 1. The van der Waals surface area contributed by atoms with E-state index in [4.69, 9.17) is 20.3 Å². The van der Waals surface area contributed by atoms with Crippen LogP contribution in [0.1, 0.15) is 0 Å². The van der Waals surface area contributed by atoms with Crippen LogP contribution < -0.4 is 11.3 Å². The fourth-order valence-electron chi connectivity index (χ4n) is 1.81. The van der Waals surface area contributed by atoms with Crippen molar-refractivity contribution in [1.29, 1.82) is 0 Å². The van der Waals surface area contributed by atoms with Gasteiger partial charge < -0.3 is 24.8 Å². The average Bonchev–Trinajstić information content (AvgIpc) is 2.76. The number of H-pyrrole nitrogens is 1. The third-order valence-corrected chi connectivity index (χ3v) is 3.18. The molecule has 9 nitrogen and oxygen atoms in total. The molecule has 0 bridgehead atoms. The van der Waals surface area contributed by atoms with Gasteiger partial charge in [-0.05, 0) is 6.07 Å². The minimum atomic E-state index is -4.38. The van der Waals surface area contributed by atoms with Gasteiger partial charge in [0.1, 0.15) is 24.8 Å². The highest BCUT2D eigenvalue weighted by Gasteiger charge is 2.19. The molecule has 0 aliphatic rings. The van der Waals surface area contributed by atoms with Crippen molar-refractivity contribution in [1.82, 2.24) is 14.5 Å². The number of hydrogen-bond acceptors (Lipinski definition) is 5. The minimum Gasteiger partial charge on any atom is -0.369 e. The molecule has 1 atom stereocenters. The summed E-state index contributed by atoms with van der Waals surface area (Å²) in [5.74, 6) is -0.0830. The summed E-state index contributed by atoms with van der Waals surface area (Å²) >= 11 is 0. The molecule has 21 heavy (non-hydrogen) atoms. The summed E-state index contributed by atoms with van der Waals surface area (Å²) in [7, 11) is -4.38. The van der Waals surface area contributed by atoms with Crippen molar-refractivity contribution in [2.45, 2.75) is 12.6 Å². The van der Waals surface area contributed by atoms with E-state index < -0.39 is 32.3 Å². The number of hydrogen-bond donors (Lipinski definition) is 4. The van der Waals surface area contributed by atoms with Gasteiger partial charge in [-0.3, -0.25) is 14.3 Å². The zero-order valence-corrected chi connectivity index (χ0v) is 11.7. The Bertz CT molecular complexity index is 739. The zero-order chi connectivity index (χ0) is 15.6. The fourth-order valence-corrected chi connectivity index (χ4v) is 2.21. The Balaban J connectivity index is 2.22. The van der Waals surface area contributed by atoms with Gasteiger partial charge in [-0.2, -0.15) is 4.98 Å². The maximum atomic E-state index is 12.9. The van der Waals surface area contributed by atoms with Crippen LogP contribution in [-0.2, 0) is 15.8 Å². The Hall–Kier alpha value is -1.74. The van der Waals surface area contributed by atoms with Gasteiger partial charge in [-0.25, -0.2) is 4.39 Å². The molecule has 0 spiro atoms. The Morgan fingerprint density at radius 2 is 2.29 bits per heavy atom. The Labute approximate surface area is 117 Å². The van der Waals surface area contributed by atoms with E-state index in [9.17, 15) is 13.8 Å². The zero-order valence-electron chi connectivity index (χ0n) is 10.8. The van der Waals surface area contributed by atoms with Crippen LogP contribution in [0.15, 0.2) is 17.1 Å². The lowest BCUT2D eigenvalue weighted by Gasteiger charge is -2.16. The molecule has 0 aliphatic carbocycles. The molecule has 5 N–H and O–H groups in total. The second-order valence-electron chi connectivity index (χ2n) is 4.39. The van der Waals surface area contributed by atoms with Gasteiger partial charge in [-0.1, -0.05) is 0 Å². The van der Waals surface area contributed by atoms with Crippen LogP contribution in [0.25, 0.3) is 11.0 Å². The van der Waals surface area contributed by atoms with Crippen molar-refractivity contribution in [2.24, 2.45) is 0 Å². The lowest BCUT2D eigenvalue weighted by molar-refractivity contribution is 0.0446. The third-order valence-electron chi connectivity index (χ3n) is 2.70. The lowest BCUT2D eigenvalue weighted by Crippen LogP contribution is -2.23. The number of alkyl halides is 1. The predicted octanol–water partition coefficient (Wildman–Crippen LogP) is -0.203. The molecular weight excluding hydrogens is 306 g/mol. The Morgan fingerprint density at radius 3 is 2.90 bits per heavy atom. The number of nitrogens with zero attached hydrogens (tertiary/aromatic N) is 2. The van der Waals surface area contributed by atoms with E-state index in [2.05, 4.69) is 9.97 Å². The number of nitrogens with two attached hydrogens (primary N) is 1. The molecule has 0 aromatic carbocycles. The number of ether oxygens (including phenoxy) is 1. The molecule has 116 valence electrons. The van der Waals surface area contributed by atoms with Gasteiger partial charge in [0.25, 0.3) is 5.56 Å². The lowest BCUT2D eigenvalue weighted by atomic mass is 10.4. The predicted molar refractivity (Wildman–Crippen MR) is 72.5 cm³/mol. The van der Waals surface area contributed by atoms with Crippen molar-refractivity contribution >= 4 is 24.6 Å². The molecule has 2 heterocycles. The quantitative estimate of drug-likeness (QED) is 0.539. The highest BCUT2D eigenvalue weighted by molar-refractivity contribution is 7.51. The third kappa shape index (κ3) is 3.88. The fraction of sp³-hybridized carbons (Fsp3) is 0.400. The van der Waals surface area contributed by atoms with Crippen molar-refractivity contribution in [3.05, 3.63) is 22.6 Å². The van der Waals surface area contributed by atoms with Crippen molar-refractivity contribution in [2.75, 3.05) is 18.8 Å². The largest absolute Gasteiger partial charge is 0.369 e. The molecule has 0 aliphatic heterocycles. The molecule has 0 saturated carbocycles. The van der Waals surface area contributed by atoms with Crippen molar-refractivity contribution < 1.29 is 23.5 Å². The topological polar surface area (TPSA) is 143 Å². The molecular formula is C10H14FN4O5P. The maximum Gasteiger partial charge on any atom is 0.350 e. The van der Waals surface area contributed by atoms with Gasteiger partial charge in [0.05, 0.1) is 11.9 Å². The number of fused-ring (bicyclic) bond motifs is 1. The van der Waals surface area contributed by atoms with Gasteiger partial charge >= 0.3 is 7.60 Å². The van der Waals surface area contributed by atoms with Gasteiger partial charge in [0.15, 0.2) is 0 Å². The monoisotopic (exact) mass is 320 g/mol. The number of rotatable bonds is 6. The van der Waals surface area contributed by atoms with Gasteiger partial charge in [0.2, 0.25) is 5.95 Å². The summed E-state index contributed by atoms with van der Waals surface area (Å²) < 4.78 is 29.9. The first-order valence-corrected chi connectivity index (χ1v) is 7.66. The molecule has 11 heteroatoms. The Morgan fingerprint density at radius 1 is 1.57 bits per heavy atom. The number of halogens is 1. The van der Waals surface area contributed by atoms with E-state index in [1.54, 1.807) is 0 Å². The van der Waals surface area contributed by atoms with Crippen LogP contribution in [0.3, 0.4) is 0 Å². The van der Waals surface area contributed by atoms with Crippen molar-refractivity contribution in [3.63, 3.8) is 0 Å². The summed E-state index contributed by atoms with van der Waals surface area (Å²) in [6.07, 6.45) is -0.456. The normalized spacial score (nSPS) is 13.7. The first-order valence-electron chi connectivity index (χ1n) is 5.87. The van der Waals surface area contributed by atoms with Crippen LogP contribution in [-0.4, -0.2) is 43.4 Å². The number of anilines is 1. The molecule has 0 fully saturated rings. The highest BCUT2D eigenvalue weighted by atomic mass is 31.2. The van der Waals surface area contributed by atoms with Crippen LogP contribution in [0.4, 0.5) is 10.3 Å². The van der Waals surface area contributed by atoms with Crippen molar-refractivity contribution in [3.8, 4) is 0 Å². The number of nitrogens with one attached hydrogen (secondary N) is 1. The van der Waals surface area contributed by atoms with Gasteiger partial charge in [-0.15, -0.1) is 0 Å². The molecule has 0 unspecified atom stereocenters. The second kappa shape index (κ2) is 5.94. The molecule has 2 aromatic heterocycles. The molecule has 0 saturated heterocycles. The maximum absolute atomic E-state index is 12.9. The highest BCUT2D eigenvalue weighted by Crippen LogP contribution is 2.34. The average molecular weight is 320 g/mol. The van der Waals surface area contributed by atoms with E-state index in [0.29, 0.717) is 0 Å². The summed E-state index contributed by atoms with van der Waals surface area (Å²) in [6.45, 7) is -1.01. The van der Waals surface area contributed by atoms with Crippen LogP contribution in [0.2, 0.25) is 0 Å². The summed E-state index contributed by atoms with van der Waals surface area (Å²) in [5.41, 5.74) is 5.26. The molecule has 0 radical (unpaired) electrons. The van der Waals surface area contributed by atoms with Crippen LogP contribution >= 0.6 is 7.60 Å². The molecule has 2 aromatic rings. The van der Waals surface area contributed by atoms with E-state index in [1.165, 1.54) is 16.8 Å². The number of aromatic nitrogens is 3. The standard InChI is InChI=1S/C10H14FN4O5P/c11-3-6(20-5-21(17,18)19)4-15-2-1-7-8(15)13-10(12)14-9(7)16/h1-2,6H,3-5H2,(H2,17,18,19)(H3,12,13,14,16)/t6-/m1/s1. The van der Waals surface area contributed by atoms with E-state index in [-0.39, 0.29) is 23.5 Å². The van der Waals surface area contributed by atoms with E-state index in [1.807, 2.05) is 0 Å². The summed E-state index contributed by atoms with van der Waals surface area (Å²) in [6, 6.07) is 1.48. The number of aromatic amines is 1. The minimum absolute atomic E-state index is 0.0596. The van der Waals surface area contributed by atoms with E-state index >= 15 is 0 Å². The first-order chi connectivity index (χ1) is 9.80. The van der Waals surface area contributed by atoms with Gasteiger partial charge in [0, 0.05) is 6.20 Å². The smallest absolute Gasteiger partial charge is 0.350 e. The second-order valence-corrected chi connectivity index (χ2v) is 5.98. The summed E-state index contributed by atoms with van der Waals surface area (Å²) in [4.78, 5) is 35.3. The molecule has 0 amide bonds. The first kappa shape index (κ1) is 15.6. The summed E-state index contributed by atoms with van der Waals surface area (Å²) in [5, 5.41) is 0.275. The van der Waals surface area contributed by atoms with E-state index in [0.717, 1.165) is 0 Å². The van der Waals surface area contributed by atoms with Crippen LogP contribution in [0, 0.1) is 0 Å². The van der Waals surface area contributed by atoms with Crippen LogP contribution in [0.5, 0.6) is 0 Å². The Kier molecular flexibility index (Phi) is 4.43. The SMILES string of the molecule is Nc1nc2c(ccn2C[C@@H](CF)OCP(=O)(O)O)c(=O)[nH]1.